The summed E-state index contributed by atoms with van der Waals surface area (Å²) in [7, 11) is 2.36. The second-order valence-electron chi connectivity index (χ2n) is 18.1. The quantitative estimate of drug-likeness (QED) is 0.239. The fraction of sp³-hybridized carbons (Fsp3) is 0.578. The summed E-state index contributed by atoms with van der Waals surface area (Å²) < 4.78 is 19.4. The fourth-order valence-electron chi connectivity index (χ4n) is 12.6. The van der Waals surface area contributed by atoms with E-state index in [0.29, 0.717) is 6.42 Å². The van der Waals surface area contributed by atoms with E-state index in [2.05, 4.69) is 104 Å². The highest BCUT2D eigenvalue weighted by atomic mass is 16.7. The summed E-state index contributed by atoms with van der Waals surface area (Å²) in [4.78, 5) is 20.3. The number of ether oxygens (including phenoxy) is 3. The van der Waals surface area contributed by atoms with Crippen molar-refractivity contribution in [1.82, 2.24) is 9.80 Å². The Bertz CT molecular complexity index is 2110. The lowest BCUT2D eigenvalue weighted by atomic mass is 9.54. The molecule has 10 rings (SSSR count). The van der Waals surface area contributed by atoms with Gasteiger partial charge in [0, 0.05) is 28.6 Å². The average molecular weight is 704 g/mol. The summed E-state index contributed by atoms with van der Waals surface area (Å²) in [5, 5.41) is 0. The number of rotatable bonds is 0. The number of aryl methyl sites for hydroxylation is 4. The number of benzene rings is 3. The van der Waals surface area contributed by atoms with Gasteiger partial charge in [-0.2, -0.15) is 0 Å². The molecule has 7 nitrogen and oxygen atoms in total. The maximum absolute atomic E-state index is 15.0. The standard InChI is InChI=1S/C45H57N3O4/c1-23-17-31-13-12-15-44(34(31)19-24(23)2)16-14-33-36-28(6)29(7)38-39(52-22-51-38)37(36)45(46,21-50-41(44)49)48-30(8)42(9)20-32-18-25(3)26(4)27(5)35(32)40(47(42)11)43(33,48)10/h17-19,30,33,40H,12-16,20-22,46H2,1-11H3/t30?,33-,40-,42+,43?,44?,45+/m1/s1. The van der Waals surface area contributed by atoms with Gasteiger partial charge in [0.2, 0.25) is 6.79 Å². The number of esters is 1. The van der Waals surface area contributed by atoms with E-state index in [0.717, 1.165) is 54.7 Å². The number of carbonyl (C=O) groups is 1. The fourth-order valence-corrected chi connectivity index (χ4v) is 12.6. The molecule has 52 heavy (non-hydrogen) atoms. The average Bonchev–Trinajstić information content (AvgIpc) is 3.58. The Kier molecular flexibility index (Phi) is 7.18. The van der Waals surface area contributed by atoms with Crippen molar-refractivity contribution in [3.05, 3.63) is 90.5 Å². The molecular formula is C45H57N3O4. The Morgan fingerprint density at radius 3 is 2.23 bits per heavy atom. The van der Waals surface area contributed by atoms with Crippen LogP contribution in [0, 0.1) is 48.5 Å². The molecule has 2 saturated heterocycles. The van der Waals surface area contributed by atoms with E-state index in [9.17, 15) is 0 Å². The van der Waals surface area contributed by atoms with Gasteiger partial charge < -0.3 is 19.9 Å². The molecule has 7 atom stereocenters. The Hall–Kier alpha value is -3.39. The molecule has 6 heterocycles. The Labute approximate surface area is 310 Å². The van der Waals surface area contributed by atoms with Crippen LogP contribution in [0.1, 0.15) is 131 Å². The normalized spacial score (nSPS) is 34.8. The number of hydrogen-bond donors (Lipinski definition) is 1. The maximum Gasteiger partial charge on any atom is 0.316 e. The molecule has 6 aliphatic heterocycles. The van der Waals surface area contributed by atoms with Gasteiger partial charge in [0.15, 0.2) is 11.5 Å². The third-order valence-corrected chi connectivity index (χ3v) is 16.0. The molecule has 3 unspecified atom stereocenters. The Morgan fingerprint density at radius 2 is 1.48 bits per heavy atom. The van der Waals surface area contributed by atoms with E-state index in [1.165, 1.54) is 61.2 Å². The number of fused-ring (bicyclic) bond motifs is 9. The van der Waals surface area contributed by atoms with Gasteiger partial charge in [0.25, 0.3) is 0 Å². The van der Waals surface area contributed by atoms with Gasteiger partial charge in [-0.15, -0.1) is 0 Å². The van der Waals surface area contributed by atoms with Gasteiger partial charge in [0.1, 0.15) is 12.3 Å². The van der Waals surface area contributed by atoms with Crippen LogP contribution in [0.25, 0.3) is 0 Å². The lowest BCUT2D eigenvalue weighted by Gasteiger charge is -2.73. The zero-order chi connectivity index (χ0) is 37.0. The minimum Gasteiger partial charge on any atom is -0.461 e. The highest BCUT2D eigenvalue weighted by Crippen LogP contribution is 2.67. The molecule has 7 aliphatic rings. The van der Waals surface area contributed by atoms with Crippen LogP contribution >= 0.6 is 0 Å². The van der Waals surface area contributed by atoms with Crippen molar-refractivity contribution in [2.24, 2.45) is 5.73 Å². The van der Waals surface area contributed by atoms with Crippen molar-refractivity contribution in [3.63, 3.8) is 0 Å². The number of likely N-dealkylation sites (N-methyl/N-ethyl adjacent to an activating group) is 1. The highest BCUT2D eigenvalue weighted by Gasteiger charge is 2.70. The number of piperazine rings is 1. The predicted molar refractivity (Wildman–Crippen MR) is 204 cm³/mol. The molecule has 2 fully saturated rings. The smallest absolute Gasteiger partial charge is 0.316 e. The van der Waals surface area contributed by atoms with Crippen LogP contribution in [0.3, 0.4) is 0 Å². The molecule has 2 N–H and O–H groups in total. The van der Waals surface area contributed by atoms with Gasteiger partial charge in [-0.25, -0.2) is 0 Å². The monoisotopic (exact) mass is 703 g/mol. The van der Waals surface area contributed by atoms with Crippen molar-refractivity contribution in [2.45, 2.75) is 148 Å². The predicted octanol–water partition coefficient (Wildman–Crippen LogP) is 7.84. The lowest BCUT2D eigenvalue weighted by molar-refractivity contribution is -0.223. The van der Waals surface area contributed by atoms with Crippen LogP contribution in [0.15, 0.2) is 18.2 Å². The number of hydrogen-bond acceptors (Lipinski definition) is 7. The molecule has 0 aromatic heterocycles. The third-order valence-electron chi connectivity index (χ3n) is 16.0. The zero-order valence-corrected chi connectivity index (χ0v) is 33.2. The first-order chi connectivity index (χ1) is 24.5. The van der Waals surface area contributed by atoms with Crippen LogP contribution in [0.5, 0.6) is 11.5 Å². The van der Waals surface area contributed by atoms with E-state index in [1.807, 2.05) is 0 Å². The maximum atomic E-state index is 15.0. The van der Waals surface area contributed by atoms with Crippen LogP contribution in [-0.2, 0) is 33.5 Å². The van der Waals surface area contributed by atoms with Gasteiger partial charge in [-0.3, -0.25) is 14.6 Å². The summed E-state index contributed by atoms with van der Waals surface area (Å²) in [6.07, 6.45) is 5.18. The van der Waals surface area contributed by atoms with Crippen molar-refractivity contribution in [3.8, 4) is 11.5 Å². The summed E-state index contributed by atoms with van der Waals surface area (Å²) in [5.41, 5.74) is 22.1. The van der Waals surface area contributed by atoms with E-state index >= 15 is 4.79 Å². The summed E-state index contributed by atoms with van der Waals surface area (Å²) in [6.45, 7) is 23.1. The minimum absolute atomic E-state index is 0.0159. The van der Waals surface area contributed by atoms with E-state index in [1.54, 1.807) is 0 Å². The molecule has 0 amide bonds. The van der Waals surface area contributed by atoms with Crippen LogP contribution < -0.4 is 15.2 Å². The Morgan fingerprint density at radius 1 is 0.808 bits per heavy atom. The number of nitrogens with two attached hydrogens (primary N) is 1. The van der Waals surface area contributed by atoms with Crippen LogP contribution in [0.2, 0.25) is 0 Å². The SMILES string of the molecule is Cc1cc2c(cc1C)C1(CCC2)CC[C@@H]2c3c(C)c(C)c4c(c3[C@](N)(COC1=O)N1C(C)[C@]3(C)Cc5cc(C)c(C)c(C)c5[C@@H](N3C)C21C)OCO4. The van der Waals surface area contributed by atoms with Crippen molar-refractivity contribution >= 4 is 5.97 Å². The summed E-state index contributed by atoms with van der Waals surface area (Å²) >= 11 is 0. The Balaban J connectivity index is 1.37. The van der Waals surface area contributed by atoms with E-state index in [4.69, 9.17) is 19.9 Å². The zero-order valence-electron chi connectivity index (χ0n) is 33.2. The highest BCUT2D eigenvalue weighted by molar-refractivity contribution is 5.85. The topological polar surface area (TPSA) is 77.3 Å². The van der Waals surface area contributed by atoms with Crippen molar-refractivity contribution in [1.29, 1.82) is 0 Å². The third kappa shape index (κ3) is 3.95. The number of carbonyl (C=O) groups excluding carboxylic acids is 1. The van der Waals surface area contributed by atoms with Crippen molar-refractivity contribution in [2.75, 3.05) is 20.4 Å². The molecular weight excluding hydrogens is 647 g/mol. The van der Waals surface area contributed by atoms with Crippen LogP contribution in [-0.4, -0.2) is 53.3 Å². The van der Waals surface area contributed by atoms with E-state index in [-0.39, 0.29) is 42.9 Å². The van der Waals surface area contributed by atoms with Gasteiger partial charge in [-0.05, 0) is 182 Å². The van der Waals surface area contributed by atoms with Gasteiger partial charge in [-0.1, -0.05) is 18.2 Å². The molecule has 3 aromatic carbocycles. The van der Waals surface area contributed by atoms with Gasteiger partial charge >= 0.3 is 5.97 Å². The molecule has 276 valence electrons. The summed E-state index contributed by atoms with van der Waals surface area (Å²) in [5.74, 6) is 1.42. The van der Waals surface area contributed by atoms with Gasteiger partial charge in [0.05, 0.1) is 11.5 Å². The first-order valence-corrected chi connectivity index (χ1v) is 19.6. The summed E-state index contributed by atoms with van der Waals surface area (Å²) in [6, 6.07) is 7.17. The number of nitrogens with zero attached hydrogens (tertiary/aromatic N) is 2. The first kappa shape index (κ1) is 34.4. The second-order valence-corrected chi connectivity index (χ2v) is 18.1. The molecule has 3 aromatic rings. The van der Waals surface area contributed by atoms with Crippen molar-refractivity contribution < 1.29 is 19.0 Å². The van der Waals surface area contributed by atoms with Crippen LogP contribution in [0.4, 0.5) is 0 Å². The lowest BCUT2D eigenvalue weighted by Crippen LogP contribution is -2.83. The molecule has 7 heteroatoms. The largest absolute Gasteiger partial charge is 0.461 e. The molecule has 0 saturated carbocycles. The second kappa shape index (κ2) is 10.9. The molecule has 4 bridgehead atoms. The molecule has 1 spiro atoms. The first-order valence-electron chi connectivity index (χ1n) is 19.6. The van der Waals surface area contributed by atoms with E-state index < -0.39 is 16.6 Å². The minimum atomic E-state index is -1.17. The molecule has 1 aliphatic carbocycles. The molecule has 0 radical (unpaired) electrons.